The standard InChI is InChI=1S/C55H61BrN8O12/c1-36(34-59-49(66)15-22-72-24-26-74-28-29-75-27-25-73-23-18-58-48(65)14-19-63-50(67)12-13-51(63)68)37-6-8-38(9-7-37)53(69)60-41-10-11-44-39(30-41)31-45(61-44)54(70)64-35-40(33-56)52-43-5-3-2-4-42(43)47(32-46(52)64)76-55(71)62-20-16-57-17-21-62/h2-13,30-32,34,40,57,61H,14-29,33,35H2,1H3,(H,58,65)(H,59,66)(H,60,69)/t40-/m1/s1. The number of amides is 7. The van der Waals surface area contributed by atoms with Crippen LogP contribution in [0.3, 0.4) is 0 Å². The minimum Gasteiger partial charge on any atom is -0.409 e. The van der Waals surface area contributed by atoms with Crippen molar-refractivity contribution in [1.29, 1.82) is 0 Å². The molecule has 1 aromatic heterocycles. The van der Waals surface area contributed by atoms with E-state index in [1.54, 1.807) is 52.4 Å². The third kappa shape index (κ3) is 14.4. The minimum absolute atomic E-state index is 0.00305. The highest BCUT2D eigenvalue weighted by molar-refractivity contribution is 9.09. The van der Waals surface area contributed by atoms with Crippen LogP contribution < -0.4 is 30.9 Å². The molecule has 0 unspecified atom stereocenters. The molecular formula is C55H61BrN8O12. The quantitative estimate of drug-likeness (QED) is 0.0277. The Morgan fingerprint density at radius 1 is 0.750 bits per heavy atom. The van der Waals surface area contributed by atoms with E-state index in [0.717, 1.165) is 43.3 Å². The maximum Gasteiger partial charge on any atom is 0.415 e. The monoisotopic (exact) mass is 1100 g/mol. The fourth-order valence-electron chi connectivity index (χ4n) is 8.87. The topological polar surface area (TPSA) is 239 Å². The predicted molar refractivity (Wildman–Crippen MR) is 288 cm³/mol. The second-order valence-corrected chi connectivity index (χ2v) is 18.7. The molecule has 7 amide bonds. The van der Waals surface area contributed by atoms with Gasteiger partial charge in [0, 0.05) is 115 Å². The Balaban J connectivity index is 0.718. The number of H-pyrrole nitrogens is 1. The summed E-state index contributed by atoms with van der Waals surface area (Å²) in [6.07, 6.45) is 3.74. The molecule has 5 aromatic rings. The summed E-state index contributed by atoms with van der Waals surface area (Å²) in [5, 5.41) is 14.8. The van der Waals surface area contributed by atoms with Crippen LogP contribution in [0.15, 0.2) is 97.2 Å². The van der Waals surface area contributed by atoms with Crippen LogP contribution in [0.25, 0.3) is 27.2 Å². The maximum atomic E-state index is 14.4. The molecule has 76 heavy (non-hydrogen) atoms. The number of benzene rings is 4. The first kappa shape index (κ1) is 55.0. The van der Waals surface area contributed by atoms with Gasteiger partial charge in [0.1, 0.15) is 11.4 Å². The zero-order chi connectivity index (χ0) is 53.4. The third-order valence-corrected chi connectivity index (χ3v) is 13.7. The summed E-state index contributed by atoms with van der Waals surface area (Å²) in [5.41, 5.74) is 5.41. The zero-order valence-electron chi connectivity index (χ0n) is 42.2. The van der Waals surface area contributed by atoms with E-state index >= 15 is 0 Å². The van der Waals surface area contributed by atoms with E-state index in [-0.39, 0.29) is 55.5 Å². The highest BCUT2D eigenvalue weighted by atomic mass is 79.9. The molecule has 5 N–H and O–H groups in total. The molecule has 1 atom stereocenters. The molecule has 0 bridgehead atoms. The van der Waals surface area contributed by atoms with Crippen molar-refractivity contribution in [2.45, 2.75) is 25.7 Å². The molecule has 8 rings (SSSR count). The summed E-state index contributed by atoms with van der Waals surface area (Å²) < 4.78 is 28.0. The smallest absolute Gasteiger partial charge is 0.409 e. The van der Waals surface area contributed by atoms with Gasteiger partial charge in [-0.3, -0.25) is 33.7 Å². The second kappa shape index (κ2) is 27.0. The van der Waals surface area contributed by atoms with Gasteiger partial charge in [0.2, 0.25) is 11.8 Å². The van der Waals surface area contributed by atoms with Crippen LogP contribution in [-0.2, 0) is 38.1 Å². The number of fused-ring (bicyclic) bond motifs is 4. The molecule has 21 heteroatoms. The molecule has 0 spiro atoms. The molecule has 3 aliphatic rings. The molecule has 4 aromatic carbocycles. The van der Waals surface area contributed by atoms with Crippen molar-refractivity contribution >= 4 is 96.1 Å². The zero-order valence-corrected chi connectivity index (χ0v) is 43.7. The number of anilines is 2. The lowest BCUT2D eigenvalue weighted by atomic mass is 9.95. The number of hydrogen-bond donors (Lipinski definition) is 5. The number of ether oxygens (including phenoxy) is 5. The highest BCUT2D eigenvalue weighted by Crippen LogP contribution is 2.46. The summed E-state index contributed by atoms with van der Waals surface area (Å²) in [4.78, 5) is 96.2. The SMILES string of the molecule is CC(=CNC(=O)CCOCCOCCOCCOCCNC(=O)CCN1C(=O)C=CC1=O)c1ccc(C(=O)Nc2ccc3[nH]c(C(=O)N4C[C@@H](CBr)c5c4cc(OC(=O)N4CCNCC4)c4ccccc54)cc3c2)cc1. The number of imide groups is 1. The van der Waals surface area contributed by atoms with Gasteiger partial charge in [-0.25, -0.2) is 4.79 Å². The molecule has 0 aliphatic carbocycles. The van der Waals surface area contributed by atoms with E-state index in [1.807, 2.05) is 49.4 Å². The lowest BCUT2D eigenvalue weighted by Crippen LogP contribution is -2.47. The summed E-state index contributed by atoms with van der Waals surface area (Å²) in [6, 6.07) is 23.8. The van der Waals surface area contributed by atoms with Crippen molar-refractivity contribution in [2.75, 3.05) is 114 Å². The van der Waals surface area contributed by atoms with Crippen LogP contribution >= 0.6 is 15.9 Å². The van der Waals surface area contributed by atoms with E-state index in [0.29, 0.717) is 119 Å². The average Bonchev–Trinajstić information content (AvgIpc) is 4.14. The van der Waals surface area contributed by atoms with E-state index in [9.17, 15) is 33.6 Å². The number of halogens is 1. The number of carbonyl (C=O) groups excluding carboxylic acids is 7. The van der Waals surface area contributed by atoms with Crippen molar-refractivity contribution in [3.05, 3.63) is 120 Å². The van der Waals surface area contributed by atoms with Gasteiger partial charge < -0.3 is 59.7 Å². The molecule has 3 aliphatic heterocycles. The number of alkyl halides is 1. The van der Waals surface area contributed by atoms with Crippen molar-refractivity contribution in [1.82, 2.24) is 30.7 Å². The van der Waals surface area contributed by atoms with Gasteiger partial charge in [-0.15, -0.1) is 0 Å². The number of aromatic nitrogens is 1. The van der Waals surface area contributed by atoms with E-state index in [4.69, 9.17) is 23.7 Å². The Kier molecular flexibility index (Phi) is 19.5. The lowest BCUT2D eigenvalue weighted by Gasteiger charge is -2.27. The Morgan fingerprint density at radius 3 is 2.11 bits per heavy atom. The van der Waals surface area contributed by atoms with Gasteiger partial charge in [0.15, 0.2) is 0 Å². The molecule has 4 heterocycles. The molecule has 20 nitrogen and oxygen atoms in total. The second-order valence-electron chi connectivity index (χ2n) is 18.1. The molecular weight excluding hydrogens is 1040 g/mol. The summed E-state index contributed by atoms with van der Waals surface area (Å²) in [7, 11) is 0. The largest absolute Gasteiger partial charge is 0.415 e. The minimum atomic E-state index is -0.423. The van der Waals surface area contributed by atoms with Crippen molar-refractivity contribution in [2.24, 2.45) is 0 Å². The predicted octanol–water partition coefficient (Wildman–Crippen LogP) is 5.48. The van der Waals surface area contributed by atoms with Gasteiger partial charge in [-0.1, -0.05) is 52.3 Å². The number of carbonyl (C=O) groups is 7. The van der Waals surface area contributed by atoms with Gasteiger partial charge >= 0.3 is 6.09 Å². The first-order valence-electron chi connectivity index (χ1n) is 25.2. The number of allylic oxidation sites excluding steroid dienone is 1. The molecule has 400 valence electrons. The Bertz CT molecular complexity index is 2970. The fourth-order valence-corrected chi connectivity index (χ4v) is 9.40. The molecule has 1 fully saturated rings. The molecule has 0 saturated carbocycles. The highest BCUT2D eigenvalue weighted by Gasteiger charge is 2.36. The average molecular weight is 1110 g/mol. The number of nitrogens with zero attached hydrogens (tertiary/aromatic N) is 3. The van der Waals surface area contributed by atoms with Gasteiger partial charge in [0.05, 0.1) is 65.0 Å². The van der Waals surface area contributed by atoms with Gasteiger partial charge in [0.25, 0.3) is 23.6 Å². The number of piperazine rings is 1. The van der Waals surface area contributed by atoms with Crippen molar-refractivity contribution in [3.63, 3.8) is 0 Å². The van der Waals surface area contributed by atoms with Crippen LogP contribution in [0.1, 0.15) is 57.7 Å². The molecule has 0 radical (unpaired) electrons. The first-order chi connectivity index (χ1) is 37.0. The van der Waals surface area contributed by atoms with E-state index in [2.05, 4.69) is 42.2 Å². The number of rotatable bonds is 25. The van der Waals surface area contributed by atoms with Gasteiger partial charge in [-0.2, -0.15) is 0 Å². The fraction of sp³-hybridized carbons (Fsp3) is 0.364. The Morgan fingerprint density at radius 2 is 1.41 bits per heavy atom. The maximum absolute atomic E-state index is 14.4. The summed E-state index contributed by atoms with van der Waals surface area (Å²) in [6.45, 7) is 7.67. The summed E-state index contributed by atoms with van der Waals surface area (Å²) in [5.74, 6) is -1.47. The van der Waals surface area contributed by atoms with Crippen LogP contribution in [-0.4, -0.2) is 160 Å². The van der Waals surface area contributed by atoms with Gasteiger partial charge in [-0.05, 0) is 65.4 Å². The lowest BCUT2D eigenvalue weighted by molar-refractivity contribution is -0.137. The number of aromatic amines is 1. The Hall–Kier alpha value is -7.27. The van der Waals surface area contributed by atoms with Crippen molar-refractivity contribution in [3.8, 4) is 5.75 Å². The number of hydrogen-bond acceptors (Lipinski definition) is 13. The first-order valence-corrected chi connectivity index (χ1v) is 26.3. The van der Waals surface area contributed by atoms with Crippen LogP contribution in [0.2, 0.25) is 0 Å². The van der Waals surface area contributed by atoms with E-state index in [1.165, 1.54) is 12.2 Å². The van der Waals surface area contributed by atoms with Crippen molar-refractivity contribution < 1.29 is 57.2 Å². The van der Waals surface area contributed by atoms with Crippen LogP contribution in [0, 0.1) is 0 Å². The summed E-state index contributed by atoms with van der Waals surface area (Å²) >= 11 is 3.68. The van der Waals surface area contributed by atoms with Crippen LogP contribution in [0.5, 0.6) is 5.75 Å². The Labute approximate surface area is 447 Å². The van der Waals surface area contributed by atoms with Crippen LogP contribution in [0.4, 0.5) is 16.2 Å². The van der Waals surface area contributed by atoms with E-state index < -0.39 is 17.9 Å². The molecule has 1 saturated heterocycles. The normalized spacial score (nSPS) is 15.4. The third-order valence-electron chi connectivity index (χ3n) is 12.9. The number of nitrogens with one attached hydrogen (secondary N) is 5.